The Hall–Kier alpha value is -3.29. The molecule has 1 aliphatic heterocycles. The molecule has 0 bridgehead atoms. The van der Waals surface area contributed by atoms with Crippen LogP contribution in [-0.4, -0.2) is 46.3 Å². The summed E-state index contributed by atoms with van der Waals surface area (Å²) in [6.07, 6.45) is 2.55. The van der Waals surface area contributed by atoms with Crippen molar-refractivity contribution in [3.05, 3.63) is 47.4 Å². The van der Waals surface area contributed by atoms with Crippen LogP contribution in [0.5, 0.6) is 11.5 Å². The quantitative estimate of drug-likeness (QED) is 0.770. The molecule has 1 N–H and O–H groups in total. The number of benzene rings is 1. The van der Waals surface area contributed by atoms with Crippen LogP contribution >= 0.6 is 0 Å². The summed E-state index contributed by atoms with van der Waals surface area (Å²) in [5, 5.41) is 7.43. The Morgan fingerprint density at radius 3 is 2.89 bits per heavy atom. The largest absolute Gasteiger partial charge is 0.493 e. The van der Waals surface area contributed by atoms with Crippen molar-refractivity contribution < 1.29 is 14.3 Å². The number of carbonyl (C=O) groups excluding carboxylic acids is 1. The lowest BCUT2D eigenvalue weighted by Gasteiger charge is -2.29. The van der Waals surface area contributed by atoms with Crippen molar-refractivity contribution in [3.63, 3.8) is 0 Å². The highest BCUT2D eigenvalue weighted by atomic mass is 16.5. The molecule has 3 aromatic rings. The number of aryl methyl sites for hydroxylation is 1. The Balaban J connectivity index is 1.56. The van der Waals surface area contributed by atoms with E-state index in [-0.39, 0.29) is 6.03 Å². The third-order valence-electron chi connectivity index (χ3n) is 4.70. The Morgan fingerprint density at radius 1 is 1.26 bits per heavy atom. The number of nitrogens with one attached hydrogen (secondary N) is 1. The molecule has 8 nitrogen and oxygen atoms in total. The highest BCUT2D eigenvalue weighted by Crippen LogP contribution is 2.35. The number of amides is 2. The van der Waals surface area contributed by atoms with E-state index in [0.717, 1.165) is 29.0 Å². The summed E-state index contributed by atoms with van der Waals surface area (Å²) in [5.74, 6) is 1.07. The van der Waals surface area contributed by atoms with Gasteiger partial charge in [0.15, 0.2) is 17.1 Å². The van der Waals surface area contributed by atoms with E-state index in [9.17, 15) is 4.79 Å². The highest BCUT2D eigenvalue weighted by molar-refractivity contribution is 5.91. The van der Waals surface area contributed by atoms with E-state index in [1.165, 1.54) is 0 Å². The number of urea groups is 1. The van der Waals surface area contributed by atoms with Crippen LogP contribution in [0.15, 0.2) is 30.5 Å². The van der Waals surface area contributed by atoms with Crippen molar-refractivity contribution in [2.75, 3.05) is 26.1 Å². The zero-order valence-electron chi connectivity index (χ0n) is 15.5. The maximum Gasteiger partial charge on any atom is 0.322 e. The first-order valence-corrected chi connectivity index (χ1v) is 8.70. The third-order valence-corrected chi connectivity index (χ3v) is 4.70. The molecule has 3 heterocycles. The van der Waals surface area contributed by atoms with Gasteiger partial charge in [0.2, 0.25) is 0 Å². The van der Waals surface area contributed by atoms with Gasteiger partial charge in [-0.2, -0.15) is 5.10 Å². The van der Waals surface area contributed by atoms with Gasteiger partial charge >= 0.3 is 6.03 Å². The van der Waals surface area contributed by atoms with E-state index >= 15 is 0 Å². The fraction of sp³-hybridized carbons (Fsp3) is 0.316. The second-order valence-corrected chi connectivity index (χ2v) is 6.43. The number of nitrogens with zero attached hydrogens (tertiary/aromatic N) is 4. The standard InChI is InChI=1S/C19H21N5O3/c1-12-9-17-20-10-13-11-23(8-7-15(13)24(17)22-12)19(25)21-14-5-4-6-16(26-2)18(14)27-3/h4-6,9-10H,7-8,11H2,1-3H3,(H,21,25). The number of rotatable bonds is 3. The maximum absolute atomic E-state index is 12.8. The van der Waals surface area contributed by atoms with E-state index in [1.807, 2.05) is 29.8 Å². The predicted molar refractivity (Wildman–Crippen MR) is 100 cm³/mol. The molecule has 27 heavy (non-hydrogen) atoms. The molecule has 1 aromatic carbocycles. The molecular weight excluding hydrogens is 346 g/mol. The molecule has 0 saturated carbocycles. The highest BCUT2D eigenvalue weighted by Gasteiger charge is 2.24. The molecule has 140 valence electrons. The van der Waals surface area contributed by atoms with Crippen LogP contribution in [0.25, 0.3) is 5.65 Å². The van der Waals surface area contributed by atoms with Crippen molar-refractivity contribution >= 4 is 17.4 Å². The van der Waals surface area contributed by atoms with Gasteiger partial charge in [0, 0.05) is 30.8 Å². The minimum atomic E-state index is -0.191. The van der Waals surface area contributed by atoms with E-state index in [2.05, 4.69) is 15.4 Å². The van der Waals surface area contributed by atoms with E-state index in [0.29, 0.717) is 30.3 Å². The Morgan fingerprint density at radius 2 is 2.11 bits per heavy atom. The van der Waals surface area contributed by atoms with Gasteiger partial charge < -0.3 is 19.7 Å². The first-order chi connectivity index (χ1) is 13.1. The van der Waals surface area contributed by atoms with Gasteiger partial charge in [0.25, 0.3) is 0 Å². The Kier molecular flexibility index (Phi) is 4.31. The minimum Gasteiger partial charge on any atom is -0.493 e. The van der Waals surface area contributed by atoms with Crippen LogP contribution in [0.2, 0.25) is 0 Å². The maximum atomic E-state index is 12.8. The van der Waals surface area contributed by atoms with E-state index < -0.39 is 0 Å². The monoisotopic (exact) mass is 367 g/mol. The predicted octanol–water partition coefficient (Wildman–Crippen LogP) is 2.65. The molecule has 4 rings (SSSR count). The number of anilines is 1. The molecule has 1 aliphatic rings. The molecule has 0 unspecified atom stereocenters. The van der Waals surface area contributed by atoms with Gasteiger partial charge in [0.05, 0.1) is 37.8 Å². The van der Waals surface area contributed by atoms with Crippen LogP contribution in [0.1, 0.15) is 17.0 Å². The summed E-state index contributed by atoms with van der Waals surface area (Å²) in [6, 6.07) is 7.14. The number of ether oxygens (including phenoxy) is 2. The summed E-state index contributed by atoms with van der Waals surface area (Å²) >= 11 is 0. The first-order valence-electron chi connectivity index (χ1n) is 8.70. The molecule has 0 fully saturated rings. The van der Waals surface area contributed by atoms with Gasteiger partial charge in [-0.3, -0.25) is 0 Å². The van der Waals surface area contributed by atoms with Gasteiger partial charge in [0.1, 0.15) is 0 Å². The Bertz CT molecular complexity index is 1010. The third kappa shape index (κ3) is 3.03. The van der Waals surface area contributed by atoms with E-state index in [4.69, 9.17) is 9.47 Å². The smallest absolute Gasteiger partial charge is 0.322 e. The average Bonchev–Trinajstić information content (AvgIpc) is 3.07. The topological polar surface area (TPSA) is 81.0 Å². The van der Waals surface area contributed by atoms with Gasteiger partial charge in [-0.05, 0) is 19.1 Å². The van der Waals surface area contributed by atoms with E-state index in [1.54, 1.807) is 31.3 Å². The molecule has 8 heteroatoms. The number of hydrogen-bond donors (Lipinski definition) is 1. The molecular formula is C19H21N5O3. The second-order valence-electron chi connectivity index (χ2n) is 6.43. The molecule has 2 amide bonds. The van der Waals surface area contributed by atoms with Crippen LogP contribution < -0.4 is 14.8 Å². The van der Waals surface area contributed by atoms with Gasteiger partial charge in [-0.1, -0.05) is 6.07 Å². The number of para-hydroxylation sites is 1. The summed E-state index contributed by atoms with van der Waals surface area (Å²) < 4.78 is 12.5. The molecule has 0 atom stereocenters. The lowest BCUT2D eigenvalue weighted by atomic mass is 10.1. The number of fused-ring (bicyclic) bond motifs is 3. The number of carbonyl (C=O) groups is 1. The van der Waals surface area contributed by atoms with Crippen molar-refractivity contribution in [3.8, 4) is 11.5 Å². The van der Waals surface area contributed by atoms with Gasteiger partial charge in [-0.25, -0.2) is 14.3 Å². The minimum absolute atomic E-state index is 0.191. The van der Waals surface area contributed by atoms with Crippen LogP contribution in [0, 0.1) is 6.92 Å². The molecule has 0 spiro atoms. The fourth-order valence-corrected chi connectivity index (χ4v) is 3.41. The molecule has 0 saturated heterocycles. The zero-order valence-corrected chi connectivity index (χ0v) is 15.5. The SMILES string of the molecule is COc1cccc(NC(=O)N2CCc3c(cnc4cc(C)nn34)C2)c1OC. The first kappa shape index (κ1) is 17.1. The van der Waals surface area contributed by atoms with Gasteiger partial charge in [-0.15, -0.1) is 0 Å². The number of hydrogen-bond acceptors (Lipinski definition) is 5. The van der Waals surface area contributed by atoms with Crippen LogP contribution in [0.3, 0.4) is 0 Å². The van der Waals surface area contributed by atoms with Crippen molar-refractivity contribution in [1.82, 2.24) is 19.5 Å². The van der Waals surface area contributed by atoms with Crippen molar-refractivity contribution in [2.45, 2.75) is 19.9 Å². The second kappa shape index (κ2) is 6.79. The molecule has 2 aromatic heterocycles. The zero-order chi connectivity index (χ0) is 19.0. The van der Waals surface area contributed by atoms with Crippen molar-refractivity contribution in [1.29, 1.82) is 0 Å². The lowest BCUT2D eigenvalue weighted by Crippen LogP contribution is -2.39. The normalized spacial score (nSPS) is 13.4. The Labute approximate surface area is 156 Å². The average molecular weight is 367 g/mol. The number of methoxy groups -OCH3 is 2. The van der Waals surface area contributed by atoms with Crippen molar-refractivity contribution in [2.24, 2.45) is 0 Å². The molecule has 0 radical (unpaired) electrons. The summed E-state index contributed by atoms with van der Waals surface area (Å²) in [7, 11) is 3.11. The number of aromatic nitrogens is 3. The molecule has 0 aliphatic carbocycles. The lowest BCUT2D eigenvalue weighted by molar-refractivity contribution is 0.205. The van der Waals surface area contributed by atoms with Crippen LogP contribution in [0.4, 0.5) is 10.5 Å². The van der Waals surface area contributed by atoms with Crippen LogP contribution in [-0.2, 0) is 13.0 Å². The summed E-state index contributed by atoms with van der Waals surface area (Å²) in [5.41, 5.74) is 4.45. The summed E-state index contributed by atoms with van der Waals surface area (Å²) in [6.45, 7) is 3.03. The summed E-state index contributed by atoms with van der Waals surface area (Å²) in [4.78, 5) is 19.0. The fourth-order valence-electron chi connectivity index (χ4n) is 3.41.